The van der Waals surface area contributed by atoms with Gasteiger partial charge < -0.3 is 20.1 Å². The van der Waals surface area contributed by atoms with E-state index in [2.05, 4.69) is 29.9 Å². The number of carboxylic acid groups (broad SMARTS) is 1. The number of pyridine rings is 1. The Morgan fingerprint density at radius 3 is 2.43 bits per heavy atom. The molecule has 0 spiro atoms. The van der Waals surface area contributed by atoms with E-state index in [-0.39, 0.29) is 11.7 Å². The Hall–Kier alpha value is -3.66. The zero-order valence-corrected chi connectivity index (χ0v) is 19.3. The SMILES string of the molecule is Cc1ncc(Nc2ncc(-c3ccc(OC(F)F)cc3)cn2)cc1CCN1CCC(C(=O)O)CC1. The van der Waals surface area contributed by atoms with Gasteiger partial charge in [-0.25, -0.2) is 9.97 Å². The maximum Gasteiger partial charge on any atom is 0.387 e. The third kappa shape index (κ3) is 6.69. The molecule has 0 amide bonds. The van der Waals surface area contributed by atoms with Crippen LogP contribution >= 0.6 is 0 Å². The maximum atomic E-state index is 12.3. The van der Waals surface area contributed by atoms with E-state index in [1.165, 1.54) is 12.1 Å². The molecule has 1 aliphatic heterocycles. The number of nitrogens with one attached hydrogen (secondary N) is 1. The first kappa shape index (κ1) is 24.5. The highest BCUT2D eigenvalue weighted by Gasteiger charge is 2.24. The van der Waals surface area contributed by atoms with Crippen molar-refractivity contribution in [2.45, 2.75) is 32.8 Å². The molecule has 0 atom stereocenters. The van der Waals surface area contributed by atoms with Crippen molar-refractivity contribution in [1.82, 2.24) is 19.9 Å². The highest BCUT2D eigenvalue weighted by atomic mass is 19.3. The molecule has 10 heteroatoms. The lowest BCUT2D eigenvalue weighted by Gasteiger charge is -2.30. The Morgan fingerprint density at radius 1 is 1.11 bits per heavy atom. The number of nitrogens with zero attached hydrogens (tertiary/aromatic N) is 4. The first-order valence-corrected chi connectivity index (χ1v) is 11.4. The van der Waals surface area contributed by atoms with Crippen LogP contribution in [0, 0.1) is 12.8 Å². The van der Waals surface area contributed by atoms with Gasteiger partial charge in [-0.15, -0.1) is 0 Å². The van der Waals surface area contributed by atoms with E-state index in [9.17, 15) is 13.6 Å². The number of alkyl halides is 2. The number of halogens is 2. The van der Waals surface area contributed by atoms with Gasteiger partial charge in [0, 0.05) is 30.2 Å². The molecule has 3 aromatic rings. The summed E-state index contributed by atoms with van der Waals surface area (Å²) in [5.74, 6) is -0.419. The molecule has 0 unspecified atom stereocenters. The number of carboxylic acids is 1. The molecule has 1 aliphatic rings. The largest absolute Gasteiger partial charge is 0.481 e. The highest BCUT2D eigenvalue weighted by Crippen LogP contribution is 2.24. The minimum atomic E-state index is -2.86. The number of likely N-dealkylation sites (tertiary alicyclic amines) is 1. The van der Waals surface area contributed by atoms with Crippen LogP contribution in [0.3, 0.4) is 0 Å². The molecule has 2 aromatic heterocycles. The van der Waals surface area contributed by atoms with Crippen LogP contribution in [0.1, 0.15) is 24.1 Å². The molecule has 1 fully saturated rings. The van der Waals surface area contributed by atoms with Gasteiger partial charge in [0.05, 0.1) is 17.8 Å². The lowest BCUT2D eigenvalue weighted by molar-refractivity contribution is -0.143. The van der Waals surface area contributed by atoms with Crippen molar-refractivity contribution in [3.8, 4) is 16.9 Å². The summed E-state index contributed by atoms with van der Waals surface area (Å²) in [7, 11) is 0. The van der Waals surface area contributed by atoms with Gasteiger partial charge in [-0.2, -0.15) is 8.78 Å². The van der Waals surface area contributed by atoms with E-state index in [4.69, 9.17) is 5.11 Å². The third-order valence-electron chi connectivity index (χ3n) is 6.15. The van der Waals surface area contributed by atoms with Crippen molar-refractivity contribution in [1.29, 1.82) is 0 Å². The predicted molar refractivity (Wildman–Crippen MR) is 127 cm³/mol. The molecular weight excluding hydrogens is 456 g/mol. The van der Waals surface area contributed by atoms with Gasteiger partial charge in [-0.1, -0.05) is 12.1 Å². The normalized spacial score (nSPS) is 14.7. The van der Waals surface area contributed by atoms with Gasteiger partial charge in [0.15, 0.2) is 0 Å². The zero-order chi connectivity index (χ0) is 24.8. The number of ether oxygens (including phenoxy) is 1. The molecule has 8 nitrogen and oxygen atoms in total. The molecule has 0 radical (unpaired) electrons. The summed E-state index contributed by atoms with van der Waals surface area (Å²) in [6.07, 6.45) is 7.24. The van der Waals surface area contributed by atoms with Crippen LogP contribution in [0.4, 0.5) is 20.4 Å². The number of hydrogen-bond donors (Lipinski definition) is 2. The van der Waals surface area contributed by atoms with Gasteiger partial charge in [-0.05, 0) is 68.6 Å². The Bertz CT molecular complexity index is 1130. The Balaban J connectivity index is 1.34. The fraction of sp³-hybridized carbons (Fsp3) is 0.360. The number of benzene rings is 1. The van der Waals surface area contributed by atoms with Crippen LogP contribution in [0.25, 0.3) is 11.1 Å². The molecule has 0 saturated carbocycles. The Labute approximate surface area is 202 Å². The molecule has 184 valence electrons. The van der Waals surface area contributed by atoms with E-state index in [1.807, 2.05) is 13.0 Å². The Morgan fingerprint density at radius 2 is 1.80 bits per heavy atom. The summed E-state index contributed by atoms with van der Waals surface area (Å²) in [5.41, 5.74) is 4.36. The van der Waals surface area contributed by atoms with Gasteiger partial charge in [0.25, 0.3) is 0 Å². The molecule has 4 rings (SSSR count). The van der Waals surface area contributed by atoms with Crippen molar-refractivity contribution < 1.29 is 23.4 Å². The first-order valence-electron chi connectivity index (χ1n) is 11.4. The molecule has 0 bridgehead atoms. The summed E-state index contributed by atoms with van der Waals surface area (Å²) < 4.78 is 29.0. The quantitative estimate of drug-likeness (QED) is 0.458. The van der Waals surface area contributed by atoms with Gasteiger partial charge in [-0.3, -0.25) is 9.78 Å². The van der Waals surface area contributed by atoms with Crippen molar-refractivity contribution in [2.75, 3.05) is 25.0 Å². The molecular formula is C25H27F2N5O3. The number of aryl methyl sites for hydroxylation is 1. The first-order chi connectivity index (χ1) is 16.9. The molecule has 35 heavy (non-hydrogen) atoms. The second-order valence-corrected chi connectivity index (χ2v) is 8.50. The zero-order valence-electron chi connectivity index (χ0n) is 19.3. The molecule has 3 heterocycles. The van der Waals surface area contributed by atoms with Gasteiger partial charge in [0.1, 0.15) is 5.75 Å². The van der Waals surface area contributed by atoms with Crippen LogP contribution in [-0.4, -0.2) is 57.2 Å². The lowest BCUT2D eigenvalue weighted by Crippen LogP contribution is -2.37. The predicted octanol–water partition coefficient (Wildman–Crippen LogP) is 4.53. The average molecular weight is 484 g/mol. The number of aromatic nitrogens is 3. The molecule has 1 aromatic carbocycles. The number of hydrogen-bond acceptors (Lipinski definition) is 7. The second kappa shape index (κ2) is 11.2. The van der Waals surface area contributed by atoms with Crippen molar-refractivity contribution in [3.05, 3.63) is 60.2 Å². The average Bonchev–Trinajstić information content (AvgIpc) is 2.85. The summed E-state index contributed by atoms with van der Waals surface area (Å²) in [6, 6.07) is 8.32. The highest BCUT2D eigenvalue weighted by molar-refractivity contribution is 5.70. The fourth-order valence-electron chi connectivity index (χ4n) is 4.08. The number of aliphatic carboxylic acids is 1. The number of anilines is 2. The van der Waals surface area contributed by atoms with E-state index in [1.54, 1.807) is 30.7 Å². The fourth-order valence-corrected chi connectivity index (χ4v) is 4.08. The minimum absolute atomic E-state index is 0.0929. The standard InChI is InChI=1S/C25H27F2N5O3/c1-16-19(8-11-32-9-6-18(7-10-32)23(33)34)12-21(15-28-16)31-25-29-13-20(14-30-25)17-2-4-22(5-3-17)35-24(26)27/h2-5,12-15,18,24H,6-11H2,1H3,(H,33,34)(H,29,30,31). The van der Waals surface area contributed by atoms with Crippen LogP contribution in [-0.2, 0) is 11.2 Å². The number of piperidine rings is 1. The van der Waals surface area contributed by atoms with Crippen LogP contribution in [0.2, 0.25) is 0 Å². The summed E-state index contributed by atoms with van der Waals surface area (Å²) in [6.45, 7) is 1.55. The molecule has 1 saturated heterocycles. The van der Waals surface area contributed by atoms with E-state index in [0.717, 1.165) is 54.1 Å². The second-order valence-electron chi connectivity index (χ2n) is 8.50. The van der Waals surface area contributed by atoms with E-state index < -0.39 is 12.6 Å². The monoisotopic (exact) mass is 483 g/mol. The molecule has 2 N–H and O–H groups in total. The van der Waals surface area contributed by atoms with Crippen LogP contribution in [0.15, 0.2) is 48.9 Å². The van der Waals surface area contributed by atoms with Gasteiger partial charge >= 0.3 is 12.6 Å². The number of carbonyl (C=O) groups is 1. The van der Waals surface area contributed by atoms with E-state index >= 15 is 0 Å². The van der Waals surface area contributed by atoms with Gasteiger partial charge in [0.2, 0.25) is 5.95 Å². The summed E-state index contributed by atoms with van der Waals surface area (Å²) >= 11 is 0. The smallest absolute Gasteiger partial charge is 0.387 e. The topological polar surface area (TPSA) is 100 Å². The lowest BCUT2D eigenvalue weighted by atomic mass is 9.97. The number of rotatable bonds is 9. The maximum absolute atomic E-state index is 12.3. The summed E-state index contributed by atoms with van der Waals surface area (Å²) in [5, 5.41) is 12.3. The minimum Gasteiger partial charge on any atom is -0.481 e. The van der Waals surface area contributed by atoms with Crippen molar-refractivity contribution in [2.24, 2.45) is 5.92 Å². The third-order valence-corrected chi connectivity index (χ3v) is 6.15. The van der Waals surface area contributed by atoms with Crippen molar-refractivity contribution in [3.63, 3.8) is 0 Å². The van der Waals surface area contributed by atoms with E-state index in [0.29, 0.717) is 18.8 Å². The Kier molecular flexibility index (Phi) is 7.81. The molecule has 0 aliphatic carbocycles. The van der Waals surface area contributed by atoms with Crippen LogP contribution in [0.5, 0.6) is 5.75 Å². The van der Waals surface area contributed by atoms with Crippen molar-refractivity contribution >= 4 is 17.6 Å². The summed E-state index contributed by atoms with van der Waals surface area (Å²) in [4.78, 5) is 26.6. The van der Waals surface area contributed by atoms with Crippen LogP contribution < -0.4 is 10.1 Å².